The number of carbonyl (C=O) groups is 2. The van der Waals surface area contributed by atoms with E-state index in [2.05, 4.69) is 17.3 Å². The van der Waals surface area contributed by atoms with E-state index >= 15 is 0 Å². The zero-order valence-corrected chi connectivity index (χ0v) is 19.4. The Hall–Kier alpha value is -2.28. The number of halogens is 1. The zero-order chi connectivity index (χ0) is 22.1. The molecule has 4 nitrogen and oxygen atoms in total. The highest BCUT2D eigenvalue weighted by Crippen LogP contribution is 2.33. The maximum atomic E-state index is 13.0. The number of thioether (sulfide) groups is 2. The Morgan fingerprint density at radius 3 is 2.39 bits per heavy atom. The van der Waals surface area contributed by atoms with E-state index < -0.39 is 5.97 Å². The number of benzene rings is 2. The van der Waals surface area contributed by atoms with E-state index in [1.165, 1.54) is 16.7 Å². The van der Waals surface area contributed by atoms with Crippen molar-refractivity contribution in [1.29, 1.82) is 0 Å². The predicted molar refractivity (Wildman–Crippen MR) is 129 cm³/mol. The van der Waals surface area contributed by atoms with Gasteiger partial charge in [0, 0.05) is 39.5 Å². The molecule has 0 saturated heterocycles. The zero-order valence-electron chi connectivity index (χ0n) is 17.0. The van der Waals surface area contributed by atoms with E-state index in [-0.39, 0.29) is 11.5 Å². The lowest BCUT2D eigenvalue weighted by atomic mass is 9.97. The van der Waals surface area contributed by atoms with Crippen LogP contribution in [0.1, 0.15) is 26.2 Å². The highest BCUT2D eigenvalue weighted by atomic mass is 35.5. The first kappa shape index (κ1) is 23.4. The third kappa shape index (κ3) is 7.73. The number of hydrogen-bond acceptors (Lipinski definition) is 6. The van der Waals surface area contributed by atoms with Gasteiger partial charge in [-0.15, -0.1) is 11.8 Å². The summed E-state index contributed by atoms with van der Waals surface area (Å²) in [6, 6.07) is 17.7. The average Bonchev–Trinajstić information content (AvgIpc) is 2.78. The second-order valence-electron chi connectivity index (χ2n) is 6.74. The van der Waals surface area contributed by atoms with Crippen LogP contribution in [0.4, 0.5) is 0 Å². The Kier molecular flexibility index (Phi) is 9.00. The minimum absolute atomic E-state index is 0.169. The van der Waals surface area contributed by atoms with Gasteiger partial charge in [-0.2, -0.15) is 0 Å². The molecule has 0 spiro atoms. The summed E-state index contributed by atoms with van der Waals surface area (Å²) in [6.07, 6.45) is 5.66. The van der Waals surface area contributed by atoms with Crippen LogP contribution < -0.4 is 0 Å². The lowest BCUT2D eigenvalue weighted by molar-refractivity contribution is -0.140. The number of hydrogen-bond donors (Lipinski definition) is 0. The van der Waals surface area contributed by atoms with Crippen molar-refractivity contribution < 1.29 is 14.4 Å². The molecule has 1 aliphatic rings. The van der Waals surface area contributed by atoms with Gasteiger partial charge in [-0.05, 0) is 54.1 Å². The molecule has 7 heteroatoms. The number of allylic oxidation sites excluding steroid dienone is 4. The van der Waals surface area contributed by atoms with Crippen LogP contribution in [0.5, 0.6) is 0 Å². The number of Topliss-reactive ketones (excluding diaryl/α,β-unsaturated/α-hetero) is 1. The van der Waals surface area contributed by atoms with Crippen molar-refractivity contribution in [3.05, 3.63) is 82.3 Å². The Bertz CT molecular complexity index is 1010. The normalized spacial score (nSPS) is 13.9. The van der Waals surface area contributed by atoms with Crippen LogP contribution in [0.2, 0.25) is 5.02 Å². The minimum Gasteiger partial charge on any atom is -0.318 e. The Balaban J connectivity index is 1.64. The van der Waals surface area contributed by atoms with Crippen molar-refractivity contribution >= 4 is 52.6 Å². The van der Waals surface area contributed by atoms with E-state index in [1.807, 2.05) is 54.6 Å². The highest BCUT2D eigenvalue weighted by molar-refractivity contribution is 8.03. The molecule has 0 atom stereocenters. The monoisotopic (exact) mass is 471 g/mol. The Labute approximate surface area is 195 Å². The van der Waals surface area contributed by atoms with Gasteiger partial charge in [-0.3, -0.25) is 4.79 Å². The molecule has 0 N–H and O–H groups in total. The van der Waals surface area contributed by atoms with Gasteiger partial charge in [-0.25, -0.2) is 4.79 Å². The number of carbonyl (C=O) groups excluding carboxylic acids is 2. The van der Waals surface area contributed by atoms with Crippen LogP contribution in [-0.4, -0.2) is 23.2 Å². The fourth-order valence-electron chi connectivity index (χ4n) is 2.83. The summed E-state index contributed by atoms with van der Waals surface area (Å²) in [6.45, 7) is 1.27. The molecule has 0 radical (unpaired) electrons. The second kappa shape index (κ2) is 11.9. The molecule has 0 heterocycles. The Morgan fingerprint density at radius 2 is 1.74 bits per heavy atom. The SMILES string of the molecule is CC(=O)O/N=C(\CCSc1ccc(Cl)cc1)C(=O)C1=CC=C(Sc2ccccc2)CC1. The number of ketones is 1. The summed E-state index contributed by atoms with van der Waals surface area (Å²) in [5.41, 5.74) is 0.940. The molecule has 3 rings (SSSR count). The molecule has 0 fully saturated rings. The maximum absolute atomic E-state index is 13.0. The lowest BCUT2D eigenvalue weighted by Crippen LogP contribution is -2.19. The van der Waals surface area contributed by atoms with E-state index in [4.69, 9.17) is 16.4 Å². The molecule has 1 aliphatic carbocycles. The highest BCUT2D eigenvalue weighted by Gasteiger charge is 2.20. The summed E-state index contributed by atoms with van der Waals surface area (Å²) >= 11 is 9.21. The van der Waals surface area contributed by atoms with Crippen LogP contribution >= 0.6 is 35.1 Å². The van der Waals surface area contributed by atoms with Crippen LogP contribution in [0.3, 0.4) is 0 Å². The largest absolute Gasteiger partial charge is 0.331 e. The summed E-state index contributed by atoms with van der Waals surface area (Å²) < 4.78 is 0. The summed E-state index contributed by atoms with van der Waals surface area (Å²) in [4.78, 5) is 32.4. The minimum atomic E-state index is -0.547. The van der Waals surface area contributed by atoms with E-state index in [0.29, 0.717) is 29.2 Å². The van der Waals surface area contributed by atoms with Gasteiger partial charge in [-0.1, -0.05) is 58.9 Å². The molecule has 0 aromatic heterocycles. The number of oxime groups is 1. The van der Waals surface area contributed by atoms with E-state index in [0.717, 1.165) is 11.3 Å². The third-order valence-electron chi connectivity index (χ3n) is 4.36. The van der Waals surface area contributed by atoms with Crippen molar-refractivity contribution in [1.82, 2.24) is 0 Å². The van der Waals surface area contributed by atoms with Crippen LogP contribution in [0.25, 0.3) is 0 Å². The Morgan fingerprint density at radius 1 is 1.00 bits per heavy atom. The fraction of sp³-hybridized carbons (Fsp3) is 0.208. The standard InChI is InChI=1S/C24H22ClNO3S2/c1-17(27)29-26-23(15-16-30-20-13-9-19(25)10-14-20)24(28)18-7-11-22(12-8-18)31-21-5-3-2-4-6-21/h2-7,9-11,13-14H,8,12,15-16H2,1H3/b26-23+. The van der Waals surface area contributed by atoms with Crippen LogP contribution in [-0.2, 0) is 14.4 Å². The molecular weight excluding hydrogens is 450 g/mol. The first-order valence-electron chi connectivity index (χ1n) is 9.81. The first-order valence-corrected chi connectivity index (χ1v) is 12.0. The van der Waals surface area contributed by atoms with Crippen LogP contribution in [0.15, 0.2) is 92.2 Å². The van der Waals surface area contributed by atoms with Gasteiger partial charge >= 0.3 is 5.97 Å². The van der Waals surface area contributed by atoms with Crippen molar-refractivity contribution in [2.45, 2.75) is 36.0 Å². The molecular formula is C24H22ClNO3S2. The number of nitrogens with zero attached hydrogens (tertiary/aromatic N) is 1. The van der Waals surface area contributed by atoms with Crippen molar-refractivity contribution in [2.24, 2.45) is 5.16 Å². The second-order valence-corrected chi connectivity index (χ2v) is 9.55. The molecule has 2 aromatic rings. The lowest BCUT2D eigenvalue weighted by Gasteiger charge is -2.14. The fourth-order valence-corrected chi connectivity index (χ4v) is 4.76. The number of rotatable bonds is 9. The molecule has 0 aliphatic heterocycles. The van der Waals surface area contributed by atoms with Crippen molar-refractivity contribution in [3.8, 4) is 0 Å². The third-order valence-corrected chi connectivity index (χ3v) is 6.74. The average molecular weight is 472 g/mol. The van der Waals surface area contributed by atoms with E-state index in [1.54, 1.807) is 23.5 Å². The van der Waals surface area contributed by atoms with Gasteiger partial charge < -0.3 is 4.84 Å². The summed E-state index contributed by atoms with van der Waals surface area (Å²) in [5.74, 6) is -0.0844. The van der Waals surface area contributed by atoms with Gasteiger partial charge in [0.2, 0.25) is 5.78 Å². The van der Waals surface area contributed by atoms with Crippen LogP contribution in [0, 0.1) is 0 Å². The van der Waals surface area contributed by atoms with E-state index in [9.17, 15) is 9.59 Å². The molecule has 2 aromatic carbocycles. The molecule has 0 saturated carbocycles. The van der Waals surface area contributed by atoms with Gasteiger partial charge in [0.25, 0.3) is 0 Å². The van der Waals surface area contributed by atoms with Crippen molar-refractivity contribution in [3.63, 3.8) is 0 Å². The summed E-state index contributed by atoms with van der Waals surface area (Å²) in [5, 5.41) is 4.53. The predicted octanol–water partition coefficient (Wildman–Crippen LogP) is 6.71. The maximum Gasteiger partial charge on any atom is 0.331 e. The first-order chi connectivity index (χ1) is 15.0. The summed E-state index contributed by atoms with van der Waals surface area (Å²) in [7, 11) is 0. The van der Waals surface area contributed by atoms with Gasteiger partial charge in [0.1, 0.15) is 5.71 Å². The molecule has 160 valence electrons. The smallest absolute Gasteiger partial charge is 0.318 e. The quantitative estimate of drug-likeness (QED) is 0.176. The molecule has 31 heavy (non-hydrogen) atoms. The van der Waals surface area contributed by atoms with Gasteiger partial charge in [0.05, 0.1) is 0 Å². The van der Waals surface area contributed by atoms with Crippen molar-refractivity contribution in [2.75, 3.05) is 5.75 Å². The molecule has 0 unspecified atom stereocenters. The molecule has 0 amide bonds. The van der Waals surface area contributed by atoms with Gasteiger partial charge in [0.15, 0.2) is 0 Å². The molecule has 0 bridgehead atoms. The topological polar surface area (TPSA) is 55.7 Å².